The van der Waals surface area contributed by atoms with E-state index in [0.717, 1.165) is 6.26 Å². The number of hydrogen-bond donors (Lipinski definition) is 2. The molecule has 1 aromatic carbocycles. The summed E-state index contributed by atoms with van der Waals surface area (Å²) in [6.45, 7) is 2.12. The van der Waals surface area contributed by atoms with Gasteiger partial charge >= 0.3 is 0 Å². The number of benzene rings is 1. The van der Waals surface area contributed by atoms with E-state index in [1.807, 2.05) is 0 Å². The normalized spacial score (nSPS) is 12.8. The molecule has 0 bridgehead atoms. The van der Waals surface area contributed by atoms with E-state index in [2.05, 4.69) is 10.0 Å². The molecular formula is C12H17ClN2O4S. The van der Waals surface area contributed by atoms with E-state index in [9.17, 15) is 13.2 Å². The number of hydrogen-bond acceptors (Lipinski definition) is 4. The Morgan fingerprint density at radius 3 is 2.65 bits per heavy atom. The second-order valence-electron chi connectivity index (χ2n) is 4.39. The van der Waals surface area contributed by atoms with Gasteiger partial charge in [-0.3, -0.25) is 9.52 Å². The zero-order valence-corrected chi connectivity index (χ0v) is 13.0. The fraction of sp³-hybridized carbons (Fsp3) is 0.417. The molecule has 1 aromatic rings. The van der Waals surface area contributed by atoms with Crippen LogP contribution in [0.15, 0.2) is 18.2 Å². The molecule has 8 heteroatoms. The number of halogens is 1. The van der Waals surface area contributed by atoms with Crippen LogP contribution in [0.3, 0.4) is 0 Å². The first kappa shape index (κ1) is 16.7. The number of rotatable bonds is 6. The summed E-state index contributed by atoms with van der Waals surface area (Å²) in [4.78, 5) is 12.1. The monoisotopic (exact) mass is 320 g/mol. The summed E-state index contributed by atoms with van der Waals surface area (Å²) >= 11 is 5.85. The molecular weight excluding hydrogens is 304 g/mol. The molecule has 0 radical (unpaired) electrons. The van der Waals surface area contributed by atoms with Gasteiger partial charge in [0.25, 0.3) is 5.91 Å². The van der Waals surface area contributed by atoms with Crippen LogP contribution in [0, 0.1) is 0 Å². The Morgan fingerprint density at radius 2 is 2.10 bits per heavy atom. The van der Waals surface area contributed by atoms with Crippen LogP contribution in [-0.2, 0) is 14.8 Å². The van der Waals surface area contributed by atoms with Gasteiger partial charge in [-0.1, -0.05) is 11.6 Å². The summed E-state index contributed by atoms with van der Waals surface area (Å²) < 4.78 is 29.8. The van der Waals surface area contributed by atoms with Crippen molar-refractivity contribution >= 4 is 33.2 Å². The predicted molar refractivity (Wildman–Crippen MR) is 78.7 cm³/mol. The molecule has 0 aliphatic rings. The van der Waals surface area contributed by atoms with Crippen molar-refractivity contribution < 1.29 is 17.9 Å². The number of ether oxygens (including phenoxy) is 1. The third-order valence-electron chi connectivity index (χ3n) is 2.32. The molecule has 0 unspecified atom stereocenters. The topological polar surface area (TPSA) is 84.5 Å². The third-order valence-corrected chi connectivity index (χ3v) is 3.14. The van der Waals surface area contributed by atoms with E-state index in [1.165, 1.54) is 25.3 Å². The Bertz CT molecular complexity index is 589. The number of nitrogens with one attached hydrogen (secondary N) is 2. The summed E-state index contributed by atoms with van der Waals surface area (Å²) in [5.74, 6) is -0.428. The predicted octanol–water partition coefficient (Wildman–Crippen LogP) is 1.48. The number of methoxy groups -OCH3 is 1. The van der Waals surface area contributed by atoms with Gasteiger partial charge in [0.15, 0.2) is 0 Å². The molecule has 0 fully saturated rings. The third kappa shape index (κ3) is 5.36. The van der Waals surface area contributed by atoms with Crippen LogP contribution in [0.1, 0.15) is 17.3 Å². The smallest absolute Gasteiger partial charge is 0.253 e. The first-order valence-electron chi connectivity index (χ1n) is 5.80. The minimum atomic E-state index is -3.48. The van der Waals surface area contributed by atoms with Gasteiger partial charge < -0.3 is 10.1 Å². The van der Waals surface area contributed by atoms with Gasteiger partial charge in [0.1, 0.15) is 0 Å². The lowest BCUT2D eigenvalue weighted by atomic mass is 10.1. The fourth-order valence-corrected chi connectivity index (χ4v) is 2.34. The molecule has 0 saturated carbocycles. The second-order valence-corrected chi connectivity index (χ2v) is 6.58. The molecule has 0 aromatic heterocycles. The van der Waals surface area contributed by atoms with Crippen molar-refractivity contribution in [2.75, 3.05) is 24.7 Å². The lowest BCUT2D eigenvalue weighted by Crippen LogP contribution is -2.36. The van der Waals surface area contributed by atoms with Crippen molar-refractivity contribution in [2.45, 2.75) is 13.0 Å². The van der Waals surface area contributed by atoms with Crippen LogP contribution in [-0.4, -0.2) is 40.3 Å². The molecule has 2 N–H and O–H groups in total. The van der Waals surface area contributed by atoms with Crippen LogP contribution >= 0.6 is 11.6 Å². The Labute approximate surface area is 123 Å². The van der Waals surface area contributed by atoms with Gasteiger partial charge in [0, 0.05) is 18.2 Å². The average Bonchev–Trinajstić information content (AvgIpc) is 2.29. The highest BCUT2D eigenvalue weighted by Gasteiger charge is 2.16. The van der Waals surface area contributed by atoms with Gasteiger partial charge in [-0.05, 0) is 25.1 Å². The highest BCUT2D eigenvalue weighted by molar-refractivity contribution is 7.92. The van der Waals surface area contributed by atoms with Gasteiger partial charge in [-0.15, -0.1) is 0 Å². The minimum Gasteiger partial charge on any atom is -0.383 e. The summed E-state index contributed by atoms with van der Waals surface area (Å²) in [5, 5.41) is 3.03. The molecule has 112 valence electrons. The molecule has 0 aliphatic heterocycles. The van der Waals surface area contributed by atoms with Crippen LogP contribution < -0.4 is 10.0 Å². The van der Waals surface area contributed by atoms with Crippen molar-refractivity contribution in [3.8, 4) is 0 Å². The first-order valence-corrected chi connectivity index (χ1v) is 8.07. The van der Waals surface area contributed by atoms with Gasteiger partial charge in [0.2, 0.25) is 10.0 Å². The minimum absolute atomic E-state index is 0.158. The maximum atomic E-state index is 12.1. The van der Waals surface area contributed by atoms with Crippen molar-refractivity contribution in [2.24, 2.45) is 0 Å². The summed E-state index contributed by atoms with van der Waals surface area (Å²) in [7, 11) is -1.96. The van der Waals surface area contributed by atoms with E-state index >= 15 is 0 Å². The molecule has 20 heavy (non-hydrogen) atoms. The Balaban J connectivity index is 3.02. The van der Waals surface area contributed by atoms with E-state index in [0.29, 0.717) is 11.6 Å². The molecule has 0 saturated heterocycles. The molecule has 0 heterocycles. The van der Waals surface area contributed by atoms with Crippen molar-refractivity contribution in [1.82, 2.24) is 5.32 Å². The van der Waals surface area contributed by atoms with E-state index in [-0.39, 0.29) is 17.3 Å². The molecule has 0 spiro atoms. The first-order chi connectivity index (χ1) is 9.23. The SMILES string of the molecule is COC[C@H](C)NC(=O)c1cc(Cl)ccc1NS(C)(=O)=O. The van der Waals surface area contributed by atoms with Crippen molar-refractivity contribution in [3.63, 3.8) is 0 Å². The highest BCUT2D eigenvalue weighted by Crippen LogP contribution is 2.21. The number of carbonyl (C=O) groups excluding carboxylic acids is 1. The summed E-state index contributed by atoms with van der Waals surface area (Å²) in [5.41, 5.74) is 0.338. The lowest BCUT2D eigenvalue weighted by molar-refractivity contribution is 0.0906. The highest BCUT2D eigenvalue weighted by atomic mass is 35.5. The van der Waals surface area contributed by atoms with Crippen LogP contribution in [0.4, 0.5) is 5.69 Å². The number of anilines is 1. The molecule has 1 amide bonds. The van der Waals surface area contributed by atoms with E-state index < -0.39 is 15.9 Å². The lowest BCUT2D eigenvalue weighted by Gasteiger charge is -2.15. The largest absolute Gasteiger partial charge is 0.383 e. The Kier molecular flexibility index (Phi) is 5.79. The fourth-order valence-electron chi connectivity index (χ4n) is 1.59. The Morgan fingerprint density at radius 1 is 1.45 bits per heavy atom. The number of sulfonamides is 1. The number of carbonyl (C=O) groups is 1. The van der Waals surface area contributed by atoms with Crippen molar-refractivity contribution in [3.05, 3.63) is 28.8 Å². The molecule has 1 atom stereocenters. The number of amides is 1. The summed E-state index contributed by atoms with van der Waals surface area (Å²) in [6, 6.07) is 4.14. The molecule has 0 aliphatic carbocycles. The van der Waals surface area contributed by atoms with Crippen LogP contribution in [0.5, 0.6) is 0 Å². The van der Waals surface area contributed by atoms with Gasteiger partial charge in [-0.25, -0.2) is 8.42 Å². The second kappa shape index (κ2) is 6.92. The van der Waals surface area contributed by atoms with Crippen LogP contribution in [0.2, 0.25) is 5.02 Å². The van der Waals surface area contributed by atoms with Gasteiger partial charge in [-0.2, -0.15) is 0 Å². The zero-order chi connectivity index (χ0) is 15.3. The Hall–Kier alpha value is -1.31. The van der Waals surface area contributed by atoms with E-state index in [4.69, 9.17) is 16.3 Å². The maximum absolute atomic E-state index is 12.1. The quantitative estimate of drug-likeness (QED) is 0.831. The molecule has 1 rings (SSSR count). The van der Waals surface area contributed by atoms with Crippen molar-refractivity contribution in [1.29, 1.82) is 0 Å². The summed E-state index contributed by atoms with van der Waals surface area (Å²) in [6.07, 6.45) is 1.01. The maximum Gasteiger partial charge on any atom is 0.253 e. The van der Waals surface area contributed by atoms with Crippen LogP contribution in [0.25, 0.3) is 0 Å². The van der Waals surface area contributed by atoms with Gasteiger partial charge in [0.05, 0.1) is 24.1 Å². The van der Waals surface area contributed by atoms with E-state index in [1.54, 1.807) is 6.92 Å². The average molecular weight is 321 g/mol. The zero-order valence-electron chi connectivity index (χ0n) is 11.4. The molecule has 6 nitrogen and oxygen atoms in total. The standard InChI is InChI=1S/C12H17ClN2O4S/c1-8(7-19-2)14-12(16)10-6-9(13)4-5-11(10)15-20(3,17)18/h4-6,8,15H,7H2,1-3H3,(H,14,16)/t8-/m0/s1.